The van der Waals surface area contributed by atoms with Crippen molar-refractivity contribution in [3.05, 3.63) is 24.8 Å². The molecule has 19 heavy (non-hydrogen) atoms. The summed E-state index contributed by atoms with van der Waals surface area (Å²) in [5, 5.41) is 1.10. The molecule has 0 atom stereocenters. The third kappa shape index (κ3) is 1.58. The van der Waals surface area contributed by atoms with Crippen molar-refractivity contribution >= 4 is 27.9 Å². The molecule has 0 bridgehead atoms. The summed E-state index contributed by atoms with van der Waals surface area (Å²) in [6.07, 6.45) is 8.80. The number of hydrogen-bond acceptors (Lipinski definition) is 3. The minimum absolute atomic E-state index is 0.378. The maximum absolute atomic E-state index is 11.4. The molecular formula is C14H14N4O. The molecule has 96 valence electrons. The van der Waals surface area contributed by atoms with Gasteiger partial charge in [0.05, 0.1) is 18.0 Å². The minimum atomic E-state index is 0.378. The van der Waals surface area contributed by atoms with Gasteiger partial charge in [-0.3, -0.25) is 4.79 Å². The Labute approximate surface area is 109 Å². The quantitative estimate of drug-likeness (QED) is 0.726. The molecule has 1 saturated carbocycles. The zero-order chi connectivity index (χ0) is 12.8. The third-order valence-electron chi connectivity index (χ3n) is 4.02. The van der Waals surface area contributed by atoms with E-state index in [1.54, 1.807) is 6.20 Å². The number of pyridine rings is 1. The molecule has 1 aliphatic carbocycles. The van der Waals surface area contributed by atoms with Gasteiger partial charge < -0.3 is 9.55 Å². The fourth-order valence-electron chi connectivity index (χ4n) is 3.01. The minimum Gasteiger partial charge on any atom is -0.346 e. The predicted molar refractivity (Wildman–Crippen MR) is 71.9 cm³/mol. The van der Waals surface area contributed by atoms with Crippen LogP contribution in [0.3, 0.4) is 0 Å². The standard InChI is InChI=1S/C14H14N4O/c19-10-3-1-9(2-4-10)18-8-17-12-7-16-14-11(13(12)18)5-6-15-14/h5-9H,1-4H2,(H,15,16). The topological polar surface area (TPSA) is 63.6 Å². The maximum Gasteiger partial charge on any atom is 0.139 e. The first-order valence-corrected chi connectivity index (χ1v) is 6.63. The molecule has 5 heteroatoms. The van der Waals surface area contributed by atoms with Gasteiger partial charge in [-0.2, -0.15) is 0 Å². The Morgan fingerprint density at radius 3 is 2.95 bits per heavy atom. The van der Waals surface area contributed by atoms with E-state index in [1.807, 2.05) is 18.6 Å². The van der Waals surface area contributed by atoms with E-state index in [1.165, 1.54) is 0 Å². The fourth-order valence-corrected chi connectivity index (χ4v) is 3.01. The van der Waals surface area contributed by atoms with Crippen molar-refractivity contribution in [1.82, 2.24) is 19.5 Å². The number of rotatable bonds is 1. The second-order valence-corrected chi connectivity index (χ2v) is 5.15. The summed E-state index contributed by atoms with van der Waals surface area (Å²) in [5.74, 6) is 0.383. The van der Waals surface area contributed by atoms with Crippen molar-refractivity contribution in [1.29, 1.82) is 0 Å². The molecule has 0 unspecified atom stereocenters. The fraction of sp³-hybridized carbons (Fsp3) is 0.357. The molecule has 0 aliphatic heterocycles. The summed E-state index contributed by atoms with van der Waals surface area (Å²) >= 11 is 0. The molecule has 1 aliphatic rings. The lowest BCUT2D eigenvalue weighted by Gasteiger charge is -2.23. The van der Waals surface area contributed by atoms with E-state index >= 15 is 0 Å². The first-order valence-electron chi connectivity index (χ1n) is 6.63. The summed E-state index contributed by atoms with van der Waals surface area (Å²) in [4.78, 5) is 23.3. The van der Waals surface area contributed by atoms with E-state index < -0.39 is 0 Å². The molecule has 3 heterocycles. The van der Waals surface area contributed by atoms with Gasteiger partial charge in [0, 0.05) is 30.5 Å². The monoisotopic (exact) mass is 254 g/mol. The van der Waals surface area contributed by atoms with Gasteiger partial charge in [-0.1, -0.05) is 0 Å². The number of aromatic amines is 1. The lowest BCUT2D eigenvalue weighted by molar-refractivity contribution is -0.120. The Bertz CT molecular complexity index is 760. The summed E-state index contributed by atoms with van der Waals surface area (Å²) in [7, 11) is 0. The Hall–Kier alpha value is -2.17. The third-order valence-corrected chi connectivity index (χ3v) is 4.02. The van der Waals surface area contributed by atoms with Crippen molar-refractivity contribution in [3.63, 3.8) is 0 Å². The van der Waals surface area contributed by atoms with Crippen LogP contribution in [0.2, 0.25) is 0 Å². The van der Waals surface area contributed by atoms with E-state index in [9.17, 15) is 4.79 Å². The van der Waals surface area contributed by atoms with E-state index in [0.29, 0.717) is 24.7 Å². The Morgan fingerprint density at radius 1 is 1.26 bits per heavy atom. The van der Waals surface area contributed by atoms with Crippen LogP contribution in [0.1, 0.15) is 31.7 Å². The average Bonchev–Trinajstić information content (AvgIpc) is 3.04. The van der Waals surface area contributed by atoms with Gasteiger partial charge in [0.2, 0.25) is 0 Å². The highest BCUT2D eigenvalue weighted by Crippen LogP contribution is 2.31. The molecule has 0 amide bonds. The summed E-state index contributed by atoms with van der Waals surface area (Å²) in [5.41, 5.74) is 2.94. The van der Waals surface area contributed by atoms with Crippen molar-refractivity contribution in [2.24, 2.45) is 0 Å². The Morgan fingerprint density at radius 2 is 2.11 bits per heavy atom. The first-order chi connectivity index (χ1) is 9.33. The lowest BCUT2D eigenvalue weighted by atomic mass is 9.94. The Kier molecular flexibility index (Phi) is 2.21. The number of carbonyl (C=O) groups is 1. The second kappa shape index (κ2) is 3.91. The molecule has 0 spiro atoms. The molecule has 3 aromatic rings. The van der Waals surface area contributed by atoms with Crippen molar-refractivity contribution in [2.75, 3.05) is 0 Å². The lowest BCUT2D eigenvalue weighted by Crippen LogP contribution is -2.17. The van der Waals surface area contributed by atoms with Crippen LogP contribution in [0.25, 0.3) is 22.1 Å². The molecule has 5 nitrogen and oxygen atoms in total. The van der Waals surface area contributed by atoms with Crippen LogP contribution in [0, 0.1) is 0 Å². The number of nitrogens with one attached hydrogen (secondary N) is 1. The zero-order valence-corrected chi connectivity index (χ0v) is 10.5. The van der Waals surface area contributed by atoms with Gasteiger partial charge in [-0.15, -0.1) is 0 Å². The zero-order valence-electron chi connectivity index (χ0n) is 10.5. The van der Waals surface area contributed by atoms with Gasteiger partial charge in [0.1, 0.15) is 16.9 Å². The van der Waals surface area contributed by atoms with Crippen molar-refractivity contribution < 1.29 is 4.79 Å². The average molecular weight is 254 g/mol. The number of nitrogens with zero attached hydrogens (tertiary/aromatic N) is 3. The molecule has 0 aromatic carbocycles. The maximum atomic E-state index is 11.4. The first kappa shape index (κ1) is 10.7. The summed E-state index contributed by atoms with van der Waals surface area (Å²) < 4.78 is 2.22. The van der Waals surface area contributed by atoms with Crippen molar-refractivity contribution in [2.45, 2.75) is 31.7 Å². The van der Waals surface area contributed by atoms with E-state index in [4.69, 9.17) is 0 Å². The highest BCUT2D eigenvalue weighted by molar-refractivity contribution is 6.01. The van der Waals surface area contributed by atoms with Crippen LogP contribution in [-0.2, 0) is 4.79 Å². The number of Topliss-reactive ketones (excluding diaryl/α,β-unsaturated/α-hetero) is 1. The van der Waals surface area contributed by atoms with E-state index in [0.717, 1.165) is 34.9 Å². The number of H-pyrrole nitrogens is 1. The van der Waals surface area contributed by atoms with Crippen molar-refractivity contribution in [3.8, 4) is 0 Å². The smallest absolute Gasteiger partial charge is 0.139 e. The van der Waals surface area contributed by atoms with Crippen LogP contribution >= 0.6 is 0 Å². The van der Waals surface area contributed by atoms with Crippen LogP contribution in [0.15, 0.2) is 24.8 Å². The summed E-state index contributed by atoms with van der Waals surface area (Å²) in [6.45, 7) is 0. The normalized spacial score (nSPS) is 17.6. The SMILES string of the molecule is O=C1CCC(n2cnc3cnc4[nH]ccc4c32)CC1. The molecular weight excluding hydrogens is 240 g/mol. The van der Waals surface area contributed by atoms with E-state index in [-0.39, 0.29) is 0 Å². The number of imidazole rings is 1. The summed E-state index contributed by atoms with van der Waals surface area (Å²) in [6, 6.07) is 2.42. The number of hydrogen-bond donors (Lipinski definition) is 1. The van der Waals surface area contributed by atoms with E-state index in [2.05, 4.69) is 19.5 Å². The molecule has 0 radical (unpaired) electrons. The van der Waals surface area contributed by atoms with Gasteiger partial charge in [0.25, 0.3) is 0 Å². The van der Waals surface area contributed by atoms with Crippen LogP contribution in [0.5, 0.6) is 0 Å². The predicted octanol–water partition coefficient (Wildman–Crippen LogP) is 2.60. The van der Waals surface area contributed by atoms with Gasteiger partial charge in [0.15, 0.2) is 0 Å². The Balaban J connectivity index is 1.89. The van der Waals surface area contributed by atoms with Crippen LogP contribution < -0.4 is 0 Å². The van der Waals surface area contributed by atoms with Crippen LogP contribution in [0.4, 0.5) is 0 Å². The van der Waals surface area contributed by atoms with Gasteiger partial charge >= 0.3 is 0 Å². The van der Waals surface area contributed by atoms with Crippen LogP contribution in [-0.4, -0.2) is 25.3 Å². The molecule has 3 aromatic heterocycles. The molecule has 1 fully saturated rings. The number of ketones is 1. The highest BCUT2D eigenvalue weighted by Gasteiger charge is 2.22. The number of fused-ring (bicyclic) bond motifs is 3. The highest BCUT2D eigenvalue weighted by atomic mass is 16.1. The number of carbonyl (C=O) groups excluding carboxylic acids is 1. The van der Waals surface area contributed by atoms with Gasteiger partial charge in [-0.05, 0) is 18.9 Å². The molecule has 0 saturated heterocycles. The van der Waals surface area contributed by atoms with Gasteiger partial charge in [-0.25, -0.2) is 9.97 Å². The molecule has 1 N–H and O–H groups in total. The number of aromatic nitrogens is 4. The molecule has 4 rings (SSSR count). The second-order valence-electron chi connectivity index (χ2n) is 5.15. The largest absolute Gasteiger partial charge is 0.346 e.